The molecule has 1 aromatic heterocycles. The van der Waals surface area contributed by atoms with Crippen LogP contribution >= 0.6 is 12.4 Å². The third kappa shape index (κ3) is 3.42. The molecule has 0 spiro atoms. The second-order valence-corrected chi connectivity index (χ2v) is 5.43. The van der Waals surface area contributed by atoms with E-state index in [4.69, 9.17) is 4.52 Å². The number of halogens is 1. The molecule has 0 fully saturated rings. The first-order valence-corrected chi connectivity index (χ1v) is 7.22. The van der Waals surface area contributed by atoms with Crippen LogP contribution in [0.3, 0.4) is 0 Å². The molecule has 1 aromatic carbocycles. The Morgan fingerprint density at radius 1 is 1.41 bits per heavy atom. The van der Waals surface area contributed by atoms with Gasteiger partial charge < -0.3 is 15.2 Å². The van der Waals surface area contributed by atoms with Gasteiger partial charge in [-0.3, -0.25) is 4.79 Å². The second-order valence-electron chi connectivity index (χ2n) is 5.43. The highest BCUT2D eigenvalue weighted by Gasteiger charge is 2.14. The van der Waals surface area contributed by atoms with E-state index in [1.54, 1.807) is 0 Å². The second kappa shape index (κ2) is 6.83. The van der Waals surface area contributed by atoms with E-state index in [9.17, 15) is 4.79 Å². The maximum atomic E-state index is 12.2. The third-order valence-corrected chi connectivity index (χ3v) is 3.85. The van der Waals surface area contributed by atoms with Crippen LogP contribution in [0, 0.1) is 13.8 Å². The molecule has 0 atom stereocenters. The highest BCUT2D eigenvalue weighted by molar-refractivity contribution is 5.92. The van der Waals surface area contributed by atoms with Crippen LogP contribution < -0.4 is 10.6 Å². The molecule has 118 valence electrons. The van der Waals surface area contributed by atoms with Crippen LogP contribution in [0.1, 0.15) is 29.0 Å². The summed E-state index contributed by atoms with van der Waals surface area (Å²) in [5.74, 6) is 0.658. The first-order chi connectivity index (χ1) is 10.1. The normalized spacial score (nSPS) is 12.8. The molecule has 2 heterocycles. The summed E-state index contributed by atoms with van der Waals surface area (Å²) in [7, 11) is 0. The number of hydrogen-bond donors (Lipinski definition) is 2. The Labute approximate surface area is 135 Å². The summed E-state index contributed by atoms with van der Waals surface area (Å²) < 4.78 is 5.08. The molecular formula is C16H20ClN3O2. The number of carbonyl (C=O) groups excluding carboxylic acids is 1. The van der Waals surface area contributed by atoms with E-state index in [1.807, 2.05) is 32.0 Å². The van der Waals surface area contributed by atoms with Crippen molar-refractivity contribution in [2.24, 2.45) is 0 Å². The lowest BCUT2D eigenvalue weighted by Crippen LogP contribution is -2.16. The fraction of sp³-hybridized carbons (Fsp3) is 0.375. The van der Waals surface area contributed by atoms with E-state index in [-0.39, 0.29) is 24.7 Å². The van der Waals surface area contributed by atoms with Crippen LogP contribution in [0.5, 0.6) is 0 Å². The van der Waals surface area contributed by atoms with E-state index >= 15 is 0 Å². The number of carbonyl (C=O) groups is 1. The Balaban J connectivity index is 0.00000176. The third-order valence-electron chi connectivity index (χ3n) is 3.85. The zero-order valence-electron chi connectivity index (χ0n) is 12.7. The van der Waals surface area contributed by atoms with Crippen molar-refractivity contribution in [2.45, 2.75) is 33.1 Å². The summed E-state index contributed by atoms with van der Waals surface area (Å²) in [6.07, 6.45) is 2.47. The number of amides is 1. The topological polar surface area (TPSA) is 67.2 Å². The Morgan fingerprint density at radius 3 is 2.95 bits per heavy atom. The molecule has 0 saturated carbocycles. The lowest BCUT2D eigenvalue weighted by atomic mass is 10.0. The zero-order valence-corrected chi connectivity index (χ0v) is 13.5. The lowest BCUT2D eigenvalue weighted by molar-refractivity contribution is -0.115. The molecular weight excluding hydrogens is 302 g/mol. The lowest BCUT2D eigenvalue weighted by Gasteiger charge is -2.18. The molecule has 3 rings (SSSR count). The molecule has 1 amide bonds. The monoisotopic (exact) mass is 321 g/mol. The van der Waals surface area contributed by atoms with Crippen molar-refractivity contribution in [3.8, 4) is 0 Å². The van der Waals surface area contributed by atoms with Gasteiger partial charge in [-0.2, -0.15) is 0 Å². The molecule has 6 heteroatoms. The Kier molecular flexibility index (Phi) is 5.08. The average Bonchev–Trinajstić information content (AvgIpc) is 2.79. The molecule has 0 bridgehead atoms. The fourth-order valence-corrected chi connectivity index (χ4v) is 2.67. The summed E-state index contributed by atoms with van der Waals surface area (Å²) in [6.45, 7) is 4.70. The SMILES string of the molecule is Cc1noc(C)c1CC(=O)Nc1ccc2c(c1)CCCN2.Cl. The predicted octanol–water partition coefficient (Wildman–Crippen LogP) is 3.25. The van der Waals surface area contributed by atoms with Crippen molar-refractivity contribution in [1.82, 2.24) is 5.16 Å². The van der Waals surface area contributed by atoms with Crippen molar-refractivity contribution in [3.63, 3.8) is 0 Å². The van der Waals surface area contributed by atoms with Crippen LogP contribution in [0.4, 0.5) is 11.4 Å². The van der Waals surface area contributed by atoms with Gasteiger partial charge in [0.25, 0.3) is 0 Å². The predicted molar refractivity (Wildman–Crippen MR) is 88.8 cm³/mol. The summed E-state index contributed by atoms with van der Waals surface area (Å²) >= 11 is 0. The number of hydrogen-bond acceptors (Lipinski definition) is 4. The van der Waals surface area contributed by atoms with Gasteiger partial charge in [-0.05, 0) is 50.5 Å². The molecule has 1 aliphatic rings. The maximum Gasteiger partial charge on any atom is 0.228 e. The van der Waals surface area contributed by atoms with E-state index in [0.29, 0.717) is 5.76 Å². The number of nitrogens with one attached hydrogen (secondary N) is 2. The average molecular weight is 322 g/mol. The van der Waals surface area contributed by atoms with Crippen molar-refractivity contribution in [1.29, 1.82) is 0 Å². The molecule has 0 saturated heterocycles. The van der Waals surface area contributed by atoms with Gasteiger partial charge in [0.2, 0.25) is 5.91 Å². The molecule has 2 N–H and O–H groups in total. The zero-order chi connectivity index (χ0) is 14.8. The van der Waals surface area contributed by atoms with Crippen molar-refractivity contribution < 1.29 is 9.32 Å². The first kappa shape index (κ1) is 16.4. The fourth-order valence-electron chi connectivity index (χ4n) is 2.67. The smallest absolute Gasteiger partial charge is 0.228 e. The summed E-state index contributed by atoms with van der Waals surface area (Å²) in [5, 5.41) is 10.2. The van der Waals surface area contributed by atoms with E-state index in [0.717, 1.165) is 36.3 Å². The Hall–Kier alpha value is -2.01. The van der Waals surface area contributed by atoms with Gasteiger partial charge in [0.1, 0.15) is 5.76 Å². The Morgan fingerprint density at radius 2 is 2.23 bits per heavy atom. The van der Waals surface area contributed by atoms with E-state index < -0.39 is 0 Å². The number of anilines is 2. The van der Waals surface area contributed by atoms with E-state index in [2.05, 4.69) is 15.8 Å². The molecule has 0 radical (unpaired) electrons. The van der Waals surface area contributed by atoms with Gasteiger partial charge in [-0.15, -0.1) is 12.4 Å². The van der Waals surface area contributed by atoms with Crippen molar-refractivity contribution >= 4 is 29.7 Å². The quantitative estimate of drug-likeness (QED) is 0.910. The highest BCUT2D eigenvalue weighted by Crippen LogP contribution is 2.25. The van der Waals surface area contributed by atoms with Crippen LogP contribution in [-0.4, -0.2) is 17.6 Å². The number of rotatable bonds is 3. The van der Waals surface area contributed by atoms with Crippen molar-refractivity contribution in [3.05, 3.63) is 40.8 Å². The molecule has 1 aliphatic heterocycles. The highest BCUT2D eigenvalue weighted by atomic mass is 35.5. The number of nitrogens with zero attached hydrogens (tertiary/aromatic N) is 1. The van der Waals surface area contributed by atoms with Gasteiger partial charge in [-0.25, -0.2) is 0 Å². The van der Waals surface area contributed by atoms with Gasteiger partial charge >= 0.3 is 0 Å². The van der Waals surface area contributed by atoms with Crippen molar-refractivity contribution in [2.75, 3.05) is 17.2 Å². The van der Waals surface area contributed by atoms with E-state index in [1.165, 1.54) is 11.3 Å². The number of aromatic nitrogens is 1. The summed E-state index contributed by atoms with van der Waals surface area (Å²) in [5.41, 5.74) is 4.92. The number of benzene rings is 1. The van der Waals surface area contributed by atoms with Gasteiger partial charge in [0.15, 0.2) is 0 Å². The summed E-state index contributed by atoms with van der Waals surface area (Å²) in [4.78, 5) is 12.2. The van der Waals surface area contributed by atoms with Gasteiger partial charge in [0.05, 0.1) is 12.1 Å². The van der Waals surface area contributed by atoms with Gasteiger partial charge in [0, 0.05) is 23.5 Å². The minimum Gasteiger partial charge on any atom is -0.385 e. The number of fused-ring (bicyclic) bond motifs is 1. The van der Waals surface area contributed by atoms with Crippen LogP contribution in [0.25, 0.3) is 0 Å². The minimum atomic E-state index is -0.0480. The molecule has 5 nitrogen and oxygen atoms in total. The first-order valence-electron chi connectivity index (χ1n) is 7.22. The Bertz CT molecular complexity index is 663. The van der Waals surface area contributed by atoms with Crippen LogP contribution in [0.2, 0.25) is 0 Å². The molecule has 2 aromatic rings. The van der Waals surface area contributed by atoms with Crippen LogP contribution in [0.15, 0.2) is 22.7 Å². The molecule has 0 aliphatic carbocycles. The summed E-state index contributed by atoms with van der Waals surface area (Å²) in [6, 6.07) is 6.01. The van der Waals surface area contributed by atoms with Gasteiger partial charge in [-0.1, -0.05) is 5.16 Å². The minimum absolute atomic E-state index is 0. The molecule has 22 heavy (non-hydrogen) atoms. The molecule has 0 unspecified atom stereocenters. The van der Waals surface area contributed by atoms with Crippen LogP contribution in [-0.2, 0) is 17.6 Å². The number of aryl methyl sites for hydroxylation is 3. The maximum absolute atomic E-state index is 12.2. The standard InChI is InChI=1S/C16H19N3O2.ClH/c1-10-14(11(2)21-19-10)9-16(20)18-13-5-6-15-12(8-13)4-3-7-17-15;/h5-6,8,17H,3-4,7,9H2,1-2H3,(H,18,20);1H. The largest absolute Gasteiger partial charge is 0.385 e.